The van der Waals surface area contributed by atoms with Gasteiger partial charge in [-0.15, -0.1) is 0 Å². The van der Waals surface area contributed by atoms with E-state index in [1.165, 1.54) is 6.34 Å². The molecule has 0 amide bonds. The SMILES string of the molecule is CCOC(=O)[C@@H]1N=CN(S(=O)(=O)c2ccc(C)cc2)N2C(c3ccccc3)=Cc3ccccc3[C@@H]12. The van der Waals surface area contributed by atoms with Crippen molar-refractivity contribution in [2.45, 2.75) is 30.8 Å². The van der Waals surface area contributed by atoms with Gasteiger partial charge in [-0.3, -0.25) is 10.0 Å². The number of ether oxygens (including phenoxy) is 1. The number of nitrogens with zero attached hydrogens (tertiary/aromatic N) is 3. The Balaban J connectivity index is 1.74. The van der Waals surface area contributed by atoms with E-state index in [1.807, 2.05) is 67.6 Å². The van der Waals surface area contributed by atoms with E-state index in [9.17, 15) is 13.2 Å². The van der Waals surface area contributed by atoms with Gasteiger partial charge in [-0.25, -0.2) is 4.79 Å². The summed E-state index contributed by atoms with van der Waals surface area (Å²) in [6.07, 6.45) is 3.16. The molecule has 2 heterocycles. The summed E-state index contributed by atoms with van der Waals surface area (Å²) >= 11 is 0. The van der Waals surface area contributed by atoms with E-state index in [-0.39, 0.29) is 11.5 Å². The smallest absolute Gasteiger partial charge is 0.333 e. The van der Waals surface area contributed by atoms with Gasteiger partial charge in [0, 0.05) is 0 Å². The van der Waals surface area contributed by atoms with Crippen LogP contribution in [0.3, 0.4) is 0 Å². The molecular formula is C27H25N3O4S. The highest BCUT2D eigenvalue weighted by Gasteiger charge is 2.47. The van der Waals surface area contributed by atoms with E-state index in [0.29, 0.717) is 5.70 Å². The van der Waals surface area contributed by atoms with E-state index < -0.39 is 28.1 Å². The summed E-state index contributed by atoms with van der Waals surface area (Å²) in [5.41, 5.74) is 4.10. The van der Waals surface area contributed by atoms with Gasteiger partial charge in [-0.1, -0.05) is 72.3 Å². The Bertz CT molecular complexity index is 1420. The van der Waals surface area contributed by atoms with E-state index in [1.54, 1.807) is 36.2 Å². The fourth-order valence-corrected chi connectivity index (χ4v) is 5.74. The molecule has 0 saturated carbocycles. The zero-order valence-electron chi connectivity index (χ0n) is 19.4. The molecule has 7 nitrogen and oxygen atoms in total. The average molecular weight is 488 g/mol. The van der Waals surface area contributed by atoms with Gasteiger partial charge in [-0.05, 0) is 48.7 Å². The Kier molecular flexibility index (Phi) is 5.90. The van der Waals surface area contributed by atoms with Crippen LogP contribution in [0.4, 0.5) is 0 Å². The number of aliphatic imine (C=N–C) groups is 1. The second-order valence-corrected chi connectivity index (χ2v) is 10.2. The Morgan fingerprint density at radius 2 is 1.66 bits per heavy atom. The van der Waals surface area contributed by atoms with Crippen molar-refractivity contribution in [3.8, 4) is 0 Å². The molecule has 5 rings (SSSR count). The molecule has 3 aromatic rings. The topological polar surface area (TPSA) is 79.3 Å². The largest absolute Gasteiger partial charge is 0.464 e. The van der Waals surface area contributed by atoms with E-state index in [0.717, 1.165) is 26.7 Å². The van der Waals surface area contributed by atoms with Crippen LogP contribution in [0.25, 0.3) is 11.8 Å². The molecule has 0 radical (unpaired) electrons. The van der Waals surface area contributed by atoms with Gasteiger partial charge in [0.25, 0.3) is 10.0 Å². The Morgan fingerprint density at radius 1 is 0.971 bits per heavy atom. The first kappa shape index (κ1) is 22.9. The number of esters is 1. The standard InChI is InChI=1S/C27H25N3O4S/c1-3-34-27(31)25-26-23-12-8-7-11-21(23)17-24(20-9-5-4-6-10-20)30(26)29(18-28-25)35(32,33)22-15-13-19(2)14-16-22/h4-18,25-26H,3H2,1-2H3/t25-,26+/m1/s1. The molecule has 0 aromatic heterocycles. The first-order valence-electron chi connectivity index (χ1n) is 11.4. The molecule has 0 fully saturated rings. The lowest BCUT2D eigenvalue weighted by molar-refractivity contribution is -0.147. The molecule has 178 valence electrons. The van der Waals surface area contributed by atoms with Crippen LogP contribution in [-0.2, 0) is 19.6 Å². The second kappa shape index (κ2) is 9.03. The van der Waals surface area contributed by atoms with Crippen molar-refractivity contribution in [3.05, 3.63) is 101 Å². The van der Waals surface area contributed by atoms with Crippen LogP contribution in [0.15, 0.2) is 88.8 Å². The maximum atomic E-state index is 13.9. The van der Waals surface area contributed by atoms with Gasteiger partial charge in [0.05, 0.1) is 17.2 Å². The fourth-order valence-electron chi connectivity index (χ4n) is 4.44. The van der Waals surface area contributed by atoms with Crippen molar-refractivity contribution >= 4 is 34.1 Å². The van der Waals surface area contributed by atoms with Crippen LogP contribution in [0.2, 0.25) is 0 Å². The summed E-state index contributed by atoms with van der Waals surface area (Å²) in [6.45, 7) is 3.84. The molecule has 0 spiro atoms. The van der Waals surface area contributed by atoms with Crippen LogP contribution in [0, 0.1) is 6.92 Å². The Hall–Kier alpha value is -3.91. The lowest BCUT2D eigenvalue weighted by Crippen LogP contribution is -2.55. The third-order valence-corrected chi connectivity index (χ3v) is 7.75. The van der Waals surface area contributed by atoms with Crippen LogP contribution < -0.4 is 0 Å². The molecule has 0 bridgehead atoms. The lowest BCUT2D eigenvalue weighted by Gasteiger charge is -2.47. The first-order chi connectivity index (χ1) is 16.9. The van der Waals surface area contributed by atoms with Gasteiger partial charge < -0.3 is 4.74 Å². The molecular weight excluding hydrogens is 462 g/mol. The Labute approximate surface area is 205 Å². The molecule has 0 N–H and O–H groups in total. The van der Waals surface area contributed by atoms with Crippen molar-refractivity contribution in [2.24, 2.45) is 4.99 Å². The number of hydrazine groups is 1. The highest BCUT2D eigenvalue weighted by atomic mass is 32.2. The molecule has 2 atom stereocenters. The van der Waals surface area contributed by atoms with Crippen molar-refractivity contribution in [1.82, 2.24) is 9.42 Å². The van der Waals surface area contributed by atoms with Crippen LogP contribution in [0.1, 0.15) is 35.2 Å². The quantitative estimate of drug-likeness (QED) is 0.498. The van der Waals surface area contributed by atoms with E-state index in [4.69, 9.17) is 4.74 Å². The third-order valence-electron chi connectivity index (χ3n) is 6.12. The highest BCUT2D eigenvalue weighted by molar-refractivity contribution is 7.89. The molecule has 0 aliphatic carbocycles. The number of aryl methyl sites for hydroxylation is 1. The lowest BCUT2D eigenvalue weighted by atomic mass is 9.88. The number of sulfonamides is 1. The Morgan fingerprint density at radius 3 is 2.37 bits per heavy atom. The molecule has 8 heteroatoms. The zero-order valence-corrected chi connectivity index (χ0v) is 20.2. The molecule has 0 unspecified atom stereocenters. The average Bonchev–Trinajstić information content (AvgIpc) is 2.88. The fraction of sp³-hybridized carbons (Fsp3) is 0.185. The van der Waals surface area contributed by atoms with Crippen molar-refractivity contribution < 1.29 is 17.9 Å². The zero-order chi connectivity index (χ0) is 24.6. The summed E-state index contributed by atoms with van der Waals surface area (Å²) in [6, 6.07) is 22.2. The maximum Gasteiger partial charge on any atom is 0.333 e. The summed E-state index contributed by atoms with van der Waals surface area (Å²) < 4.78 is 34.3. The van der Waals surface area contributed by atoms with Gasteiger partial charge in [0.1, 0.15) is 12.4 Å². The normalized spacial score (nSPS) is 19.0. The number of fused-ring (bicyclic) bond motifs is 3. The van der Waals surface area contributed by atoms with E-state index >= 15 is 0 Å². The van der Waals surface area contributed by atoms with Gasteiger partial charge in [0.2, 0.25) is 0 Å². The second-order valence-electron chi connectivity index (χ2n) is 8.37. The predicted octanol–water partition coefficient (Wildman–Crippen LogP) is 4.43. The predicted molar refractivity (Wildman–Crippen MR) is 134 cm³/mol. The third kappa shape index (κ3) is 4.00. The number of hydrogen-bond acceptors (Lipinski definition) is 6. The summed E-state index contributed by atoms with van der Waals surface area (Å²) in [7, 11) is -4.04. The van der Waals surface area contributed by atoms with Crippen molar-refractivity contribution in [3.63, 3.8) is 0 Å². The van der Waals surface area contributed by atoms with Crippen LogP contribution in [0.5, 0.6) is 0 Å². The number of benzene rings is 3. The molecule has 0 saturated heterocycles. The first-order valence-corrected chi connectivity index (χ1v) is 12.8. The highest BCUT2D eigenvalue weighted by Crippen LogP contribution is 2.45. The number of rotatable bonds is 5. The monoisotopic (exact) mass is 487 g/mol. The number of carbonyl (C=O) groups is 1. The minimum Gasteiger partial charge on any atom is -0.464 e. The van der Waals surface area contributed by atoms with Crippen LogP contribution >= 0.6 is 0 Å². The van der Waals surface area contributed by atoms with Crippen LogP contribution in [-0.4, -0.2) is 42.8 Å². The summed E-state index contributed by atoms with van der Waals surface area (Å²) in [5, 5.41) is 1.65. The molecule has 35 heavy (non-hydrogen) atoms. The molecule has 2 aliphatic heterocycles. The number of hydrogen-bond donors (Lipinski definition) is 0. The van der Waals surface area contributed by atoms with E-state index in [2.05, 4.69) is 4.99 Å². The van der Waals surface area contributed by atoms with Gasteiger partial charge in [-0.2, -0.15) is 12.8 Å². The van der Waals surface area contributed by atoms with Crippen molar-refractivity contribution in [2.75, 3.05) is 6.61 Å². The number of carbonyl (C=O) groups excluding carboxylic acids is 1. The summed E-state index contributed by atoms with van der Waals surface area (Å²) in [5.74, 6) is -0.504. The summed E-state index contributed by atoms with van der Waals surface area (Å²) in [4.78, 5) is 17.6. The minimum atomic E-state index is -4.04. The molecule has 2 aliphatic rings. The van der Waals surface area contributed by atoms with Gasteiger partial charge in [0.15, 0.2) is 6.04 Å². The molecule has 3 aromatic carbocycles. The minimum absolute atomic E-state index is 0.133. The van der Waals surface area contributed by atoms with Gasteiger partial charge >= 0.3 is 5.97 Å². The maximum absolute atomic E-state index is 13.9. The van der Waals surface area contributed by atoms with Crippen molar-refractivity contribution in [1.29, 1.82) is 0 Å².